The number of benzene rings is 2. The monoisotopic (exact) mass is 436 g/mol. The second kappa shape index (κ2) is 9.01. The first-order chi connectivity index (χ1) is 14.9. The number of nitrogens with one attached hydrogen (secondary N) is 1. The Morgan fingerprint density at radius 2 is 1.58 bits per heavy atom. The lowest BCUT2D eigenvalue weighted by molar-refractivity contribution is -0.153. The van der Waals surface area contributed by atoms with E-state index in [-0.39, 0.29) is 0 Å². The Kier molecular flexibility index (Phi) is 6.18. The average Bonchev–Trinajstić information content (AvgIpc) is 3.47. The number of fused-ring (bicyclic) bond motifs is 1. The van der Waals surface area contributed by atoms with Gasteiger partial charge in [0.2, 0.25) is 0 Å². The lowest BCUT2D eigenvalue weighted by Crippen LogP contribution is -2.50. The van der Waals surface area contributed by atoms with Crippen molar-refractivity contribution < 1.29 is 19.8 Å². The highest BCUT2D eigenvalue weighted by atomic mass is 32.1. The number of rotatable bonds is 6. The third kappa shape index (κ3) is 4.54. The van der Waals surface area contributed by atoms with Crippen LogP contribution in [0.2, 0.25) is 0 Å². The summed E-state index contributed by atoms with van der Waals surface area (Å²) in [7, 11) is 0. The van der Waals surface area contributed by atoms with Gasteiger partial charge in [0.25, 0.3) is 11.8 Å². The molecule has 1 aliphatic rings. The molecule has 0 bridgehead atoms. The van der Waals surface area contributed by atoms with E-state index < -0.39 is 30.1 Å². The van der Waals surface area contributed by atoms with Gasteiger partial charge in [-0.3, -0.25) is 9.59 Å². The molecule has 2 aromatic carbocycles. The maximum Gasteiger partial charge on any atom is 0.255 e. The standard InChI is InChI=1S/C24H24N2O4S/c1-15(16-6-8-17(9-7-16)20-10-11-31-14-20)25-23(29)21(27)22(28)24(30)26-12-18-4-2-3-5-19(18)13-26/h2-11,14-15,21-22,27-28H,12-13H2,1H3,(H,25,29)/t15-,21-,22-/m1/s1. The van der Waals surface area contributed by atoms with Crippen molar-refractivity contribution in [3.8, 4) is 11.1 Å². The SMILES string of the molecule is C[C@@H](NC(=O)[C@H](O)[C@@H](O)C(=O)N1Cc2ccccc2C1)c1ccc(-c2ccsc2)cc1. The number of aliphatic hydroxyl groups is 2. The fourth-order valence-corrected chi connectivity index (χ4v) is 4.39. The maximum atomic E-state index is 12.6. The Morgan fingerprint density at radius 3 is 2.16 bits per heavy atom. The summed E-state index contributed by atoms with van der Waals surface area (Å²) in [6, 6.07) is 17.0. The van der Waals surface area contributed by atoms with E-state index in [2.05, 4.69) is 10.7 Å². The number of aliphatic hydroxyl groups excluding tert-OH is 2. The molecule has 0 aliphatic carbocycles. The lowest BCUT2D eigenvalue weighted by atomic mass is 10.0. The summed E-state index contributed by atoms with van der Waals surface area (Å²) in [6.07, 6.45) is -3.66. The minimum absolute atomic E-state index is 0.354. The number of hydrogen-bond acceptors (Lipinski definition) is 5. The van der Waals surface area contributed by atoms with Gasteiger partial charge in [-0.05, 0) is 51.6 Å². The summed E-state index contributed by atoms with van der Waals surface area (Å²) in [5.41, 5.74) is 5.07. The van der Waals surface area contributed by atoms with E-state index in [1.807, 2.05) is 60.0 Å². The van der Waals surface area contributed by atoms with Crippen molar-refractivity contribution in [3.05, 3.63) is 82.0 Å². The van der Waals surface area contributed by atoms with E-state index in [0.29, 0.717) is 13.1 Å². The molecule has 6 nitrogen and oxygen atoms in total. The fourth-order valence-electron chi connectivity index (χ4n) is 3.73. The molecule has 0 radical (unpaired) electrons. The summed E-state index contributed by atoms with van der Waals surface area (Å²) in [4.78, 5) is 26.5. The highest BCUT2D eigenvalue weighted by Gasteiger charge is 2.35. The molecule has 4 rings (SSSR count). The van der Waals surface area contributed by atoms with Gasteiger partial charge >= 0.3 is 0 Å². The average molecular weight is 437 g/mol. The molecule has 3 aromatic rings. The van der Waals surface area contributed by atoms with Crippen LogP contribution < -0.4 is 5.32 Å². The molecule has 2 amide bonds. The molecule has 3 N–H and O–H groups in total. The first-order valence-electron chi connectivity index (χ1n) is 10.1. The zero-order valence-electron chi connectivity index (χ0n) is 17.1. The predicted octanol–water partition coefficient (Wildman–Crippen LogP) is 2.86. The van der Waals surface area contributed by atoms with Crippen molar-refractivity contribution in [2.45, 2.75) is 38.3 Å². The summed E-state index contributed by atoms with van der Waals surface area (Å²) in [5.74, 6) is -1.45. The smallest absolute Gasteiger partial charge is 0.255 e. The minimum Gasteiger partial charge on any atom is -0.380 e. The van der Waals surface area contributed by atoms with E-state index in [0.717, 1.165) is 27.8 Å². The molecule has 0 spiro atoms. The Balaban J connectivity index is 1.35. The fraction of sp³-hybridized carbons (Fsp3) is 0.250. The Labute approximate surface area is 184 Å². The molecule has 0 saturated carbocycles. The van der Waals surface area contributed by atoms with Gasteiger partial charge < -0.3 is 20.4 Å². The van der Waals surface area contributed by atoms with Gasteiger partial charge in [0.05, 0.1) is 6.04 Å². The molecule has 0 saturated heterocycles. The second-order valence-electron chi connectivity index (χ2n) is 7.72. The van der Waals surface area contributed by atoms with Crippen molar-refractivity contribution in [1.82, 2.24) is 10.2 Å². The van der Waals surface area contributed by atoms with Crippen LogP contribution in [0.3, 0.4) is 0 Å². The molecule has 7 heteroatoms. The molecule has 1 aromatic heterocycles. The summed E-state index contributed by atoms with van der Waals surface area (Å²) < 4.78 is 0. The van der Waals surface area contributed by atoms with E-state index >= 15 is 0 Å². The highest BCUT2D eigenvalue weighted by molar-refractivity contribution is 7.08. The first-order valence-corrected chi connectivity index (χ1v) is 11.0. The second-order valence-corrected chi connectivity index (χ2v) is 8.50. The number of carbonyl (C=O) groups is 2. The molecular formula is C24H24N2O4S. The summed E-state index contributed by atoms with van der Waals surface area (Å²) >= 11 is 1.63. The van der Waals surface area contributed by atoms with Crippen molar-refractivity contribution in [2.24, 2.45) is 0 Å². The van der Waals surface area contributed by atoms with Gasteiger partial charge in [-0.25, -0.2) is 0 Å². The van der Waals surface area contributed by atoms with E-state index in [1.165, 1.54) is 4.90 Å². The van der Waals surface area contributed by atoms with E-state index in [4.69, 9.17) is 0 Å². The van der Waals surface area contributed by atoms with Crippen molar-refractivity contribution in [1.29, 1.82) is 0 Å². The number of hydrogen-bond donors (Lipinski definition) is 3. The number of carbonyl (C=O) groups excluding carboxylic acids is 2. The quantitative estimate of drug-likeness (QED) is 0.554. The third-order valence-corrected chi connectivity index (χ3v) is 6.28. The zero-order valence-corrected chi connectivity index (χ0v) is 17.9. The van der Waals surface area contributed by atoms with Crippen LogP contribution in [-0.2, 0) is 22.7 Å². The van der Waals surface area contributed by atoms with Crippen LogP contribution in [0.5, 0.6) is 0 Å². The van der Waals surface area contributed by atoms with Crippen LogP contribution >= 0.6 is 11.3 Å². The number of amides is 2. The first kappa shape index (κ1) is 21.2. The van der Waals surface area contributed by atoms with E-state index in [9.17, 15) is 19.8 Å². The Morgan fingerprint density at radius 1 is 0.935 bits per heavy atom. The lowest BCUT2D eigenvalue weighted by Gasteiger charge is -2.24. The topological polar surface area (TPSA) is 89.9 Å². The third-order valence-electron chi connectivity index (χ3n) is 5.60. The van der Waals surface area contributed by atoms with Gasteiger partial charge in [0.15, 0.2) is 12.2 Å². The molecule has 2 heterocycles. The largest absolute Gasteiger partial charge is 0.380 e. The Bertz CT molecular complexity index is 1040. The number of nitrogens with zero attached hydrogens (tertiary/aromatic N) is 1. The summed E-state index contributed by atoms with van der Waals surface area (Å²) in [6.45, 7) is 2.50. The van der Waals surface area contributed by atoms with Crippen LogP contribution in [0.1, 0.15) is 29.7 Å². The molecule has 31 heavy (non-hydrogen) atoms. The minimum atomic E-state index is -1.84. The Hall–Kier alpha value is -3.00. The molecule has 0 fully saturated rings. The van der Waals surface area contributed by atoms with Crippen LogP contribution in [0, 0.1) is 0 Å². The normalized spacial score (nSPS) is 15.8. The van der Waals surface area contributed by atoms with Gasteiger partial charge in [-0.15, -0.1) is 0 Å². The van der Waals surface area contributed by atoms with Crippen molar-refractivity contribution in [2.75, 3.05) is 0 Å². The highest BCUT2D eigenvalue weighted by Crippen LogP contribution is 2.25. The van der Waals surface area contributed by atoms with Crippen molar-refractivity contribution >= 4 is 23.2 Å². The zero-order chi connectivity index (χ0) is 22.0. The van der Waals surface area contributed by atoms with Gasteiger partial charge in [-0.2, -0.15) is 11.3 Å². The maximum absolute atomic E-state index is 12.6. The van der Waals surface area contributed by atoms with Crippen LogP contribution in [0.4, 0.5) is 0 Å². The number of thiophene rings is 1. The molecule has 160 valence electrons. The van der Waals surface area contributed by atoms with E-state index in [1.54, 1.807) is 18.3 Å². The van der Waals surface area contributed by atoms with Gasteiger partial charge in [0, 0.05) is 13.1 Å². The van der Waals surface area contributed by atoms with Gasteiger partial charge in [-0.1, -0.05) is 48.5 Å². The summed E-state index contributed by atoms with van der Waals surface area (Å²) in [5, 5.41) is 27.4. The van der Waals surface area contributed by atoms with Gasteiger partial charge in [0.1, 0.15) is 0 Å². The molecule has 3 atom stereocenters. The van der Waals surface area contributed by atoms with Crippen LogP contribution in [0.25, 0.3) is 11.1 Å². The van der Waals surface area contributed by atoms with Crippen molar-refractivity contribution in [3.63, 3.8) is 0 Å². The predicted molar refractivity (Wildman–Crippen MR) is 119 cm³/mol. The molecule has 0 unspecified atom stereocenters. The van der Waals surface area contributed by atoms with Crippen LogP contribution in [-0.4, -0.2) is 39.1 Å². The molecular weight excluding hydrogens is 412 g/mol. The molecule has 1 aliphatic heterocycles. The van der Waals surface area contributed by atoms with Crippen LogP contribution in [0.15, 0.2) is 65.4 Å².